The molecule has 0 aromatic carbocycles. The van der Waals surface area contributed by atoms with Gasteiger partial charge in [0.05, 0.1) is 36.8 Å². The van der Waals surface area contributed by atoms with E-state index in [1.807, 2.05) is 20.8 Å². The monoisotopic (exact) mass is 290 g/mol. The van der Waals surface area contributed by atoms with Crippen molar-refractivity contribution < 1.29 is 14.3 Å². The average Bonchev–Trinajstić information content (AvgIpc) is 2.28. The molecule has 6 heteroatoms. The molecule has 0 aromatic heterocycles. The molecule has 2 N–H and O–H groups in total. The van der Waals surface area contributed by atoms with Gasteiger partial charge in [-0.05, 0) is 20.8 Å². The zero-order valence-corrected chi connectivity index (χ0v) is 13.2. The van der Waals surface area contributed by atoms with Crippen molar-refractivity contribution in [1.29, 1.82) is 0 Å². The highest BCUT2D eigenvalue weighted by Crippen LogP contribution is 2.05. The first-order chi connectivity index (χ1) is 8.72. The molecular formula is C13H26N2O3S. The highest BCUT2D eigenvalue weighted by Gasteiger charge is 2.10. The van der Waals surface area contributed by atoms with Crippen LogP contribution in [-0.2, 0) is 14.3 Å². The number of ether oxygens (including phenoxy) is 2. The van der Waals surface area contributed by atoms with Crippen molar-refractivity contribution in [3.8, 4) is 0 Å². The first-order valence-electron chi connectivity index (χ1n) is 6.46. The Bertz CT molecular complexity index is 290. The molecule has 5 nitrogen and oxygen atoms in total. The van der Waals surface area contributed by atoms with Gasteiger partial charge in [-0.25, -0.2) is 0 Å². The van der Waals surface area contributed by atoms with Gasteiger partial charge in [-0.15, -0.1) is 0 Å². The third-order valence-corrected chi connectivity index (χ3v) is 2.55. The van der Waals surface area contributed by atoms with Gasteiger partial charge < -0.3 is 20.1 Å². The Morgan fingerprint density at radius 3 is 2.37 bits per heavy atom. The van der Waals surface area contributed by atoms with Gasteiger partial charge in [0.1, 0.15) is 0 Å². The minimum absolute atomic E-state index is 0.0352. The second-order valence-corrected chi connectivity index (χ2v) is 5.88. The summed E-state index contributed by atoms with van der Waals surface area (Å²) >= 11 is 4.77. The molecule has 0 saturated carbocycles. The highest BCUT2D eigenvalue weighted by atomic mass is 32.1. The Morgan fingerprint density at radius 1 is 1.21 bits per heavy atom. The van der Waals surface area contributed by atoms with Gasteiger partial charge in [0.15, 0.2) is 0 Å². The Balaban J connectivity index is 3.55. The molecule has 0 saturated heterocycles. The molecule has 0 radical (unpaired) electrons. The smallest absolute Gasteiger partial charge is 0.224 e. The van der Waals surface area contributed by atoms with E-state index in [1.165, 1.54) is 0 Å². The molecule has 0 atom stereocenters. The van der Waals surface area contributed by atoms with E-state index < -0.39 is 0 Å². The van der Waals surface area contributed by atoms with Crippen molar-refractivity contribution in [2.45, 2.75) is 39.2 Å². The molecule has 0 unspecified atom stereocenters. The summed E-state index contributed by atoms with van der Waals surface area (Å²) in [6.07, 6.45) is 0.918. The number of nitrogens with zero attached hydrogens (tertiary/aromatic N) is 1. The van der Waals surface area contributed by atoms with Crippen LogP contribution in [0, 0.1) is 0 Å². The maximum absolute atomic E-state index is 11.7. The van der Waals surface area contributed by atoms with E-state index in [4.69, 9.17) is 27.4 Å². The summed E-state index contributed by atoms with van der Waals surface area (Å²) in [6.45, 7) is 7.98. The molecule has 0 aliphatic heterocycles. The molecule has 0 spiro atoms. The van der Waals surface area contributed by atoms with Crippen molar-refractivity contribution in [2.75, 3.05) is 33.4 Å². The lowest BCUT2D eigenvalue weighted by Gasteiger charge is -2.19. The van der Waals surface area contributed by atoms with Crippen molar-refractivity contribution in [1.82, 2.24) is 4.90 Å². The largest absolute Gasteiger partial charge is 0.393 e. The summed E-state index contributed by atoms with van der Waals surface area (Å²) in [4.78, 5) is 13.7. The quantitative estimate of drug-likeness (QED) is 0.513. The lowest BCUT2D eigenvalue weighted by Crippen LogP contribution is -2.30. The Kier molecular flexibility index (Phi) is 8.88. The molecular weight excluding hydrogens is 264 g/mol. The Morgan fingerprint density at radius 2 is 1.84 bits per heavy atom. The molecule has 0 aliphatic carbocycles. The second-order valence-electron chi connectivity index (χ2n) is 5.35. The number of nitrogens with two attached hydrogens (primary N) is 1. The van der Waals surface area contributed by atoms with Crippen molar-refractivity contribution >= 4 is 23.1 Å². The Hall–Kier alpha value is -0.720. The maximum atomic E-state index is 11.7. The second kappa shape index (κ2) is 9.23. The van der Waals surface area contributed by atoms with E-state index in [0.29, 0.717) is 44.2 Å². The normalized spacial score (nSPS) is 11.4. The van der Waals surface area contributed by atoms with Crippen molar-refractivity contribution in [3.63, 3.8) is 0 Å². The van der Waals surface area contributed by atoms with Crippen molar-refractivity contribution in [2.24, 2.45) is 5.73 Å². The first kappa shape index (κ1) is 18.3. The molecule has 0 rings (SSSR count). The van der Waals surface area contributed by atoms with E-state index in [2.05, 4.69) is 0 Å². The fourth-order valence-electron chi connectivity index (χ4n) is 1.26. The van der Waals surface area contributed by atoms with Crippen LogP contribution in [0.1, 0.15) is 33.6 Å². The number of hydrogen-bond donors (Lipinski definition) is 1. The van der Waals surface area contributed by atoms with Crippen LogP contribution >= 0.6 is 12.2 Å². The predicted molar refractivity (Wildman–Crippen MR) is 80.2 cm³/mol. The third kappa shape index (κ3) is 12.1. The standard InChI is InChI=1S/C13H26N2O3S/c1-13(2,3)18-10-9-17-8-6-12(16)15(4)7-5-11(14)19/h5-10H2,1-4H3,(H2,14,19). The number of hydrogen-bond acceptors (Lipinski definition) is 4. The topological polar surface area (TPSA) is 64.8 Å². The van der Waals surface area contributed by atoms with Crippen LogP contribution in [0.25, 0.3) is 0 Å². The van der Waals surface area contributed by atoms with Crippen LogP contribution in [0.4, 0.5) is 0 Å². The highest BCUT2D eigenvalue weighted by molar-refractivity contribution is 7.80. The van der Waals surface area contributed by atoms with Crippen LogP contribution < -0.4 is 5.73 Å². The van der Waals surface area contributed by atoms with Crippen LogP contribution in [0.15, 0.2) is 0 Å². The summed E-state index contributed by atoms with van der Waals surface area (Å²) < 4.78 is 10.9. The number of amides is 1. The predicted octanol–water partition coefficient (Wildman–Crippen LogP) is 1.34. The average molecular weight is 290 g/mol. The van der Waals surface area contributed by atoms with E-state index >= 15 is 0 Å². The molecule has 0 aliphatic rings. The molecule has 1 amide bonds. The zero-order valence-electron chi connectivity index (χ0n) is 12.4. The van der Waals surface area contributed by atoms with Crippen molar-refractivity contribution in [3.05, 3.63) is 0 Å². The number of carbonyl (C=O) groups excluding carboxylic acids is 1. The molecule has 112 valence electrons. The van der Waals surface area contributed by atoms with Gasteiger partial charge in [-0.2, -0.15) is 0 Å². The summed E-state index contributed by atoms with van der Waals surface area (Å²) in [5, 5.41) is 0. The van der Waals surface area contributed by atoms with Gasteiger partial charge in [-0.1, -0.05) is 12.2 Å². The first-order valence-corrected chi connectivity index (χ1v) is 6.87. The van der Waals surface area contributed by atoms with Gasteiger partial charge in [-0.3, -0.25) is 4.79 Å². The van der Waals surface area contributed by atoms with Crippen LogP contribution in [0.5, 0.6) is 0 Å². The fourth-order valence-corrected chi connectivity index (χ4v) is 1.35. The molecule has 0 heterocycles. The van der Waals surface area contributed by atoms with Crippen LogP contribution in [0.2, 0.25) is 0 Å². The molecule has 0 bridgehead atoms. The summed E-state index contributed by atoms with van der Waals surface area (Å²) in [7, 11) is 1.74. The summed E-state index contributed by atoms with van der Waals surface area (Å²) in [5.74, 6) is 0.0352. The van der Waals surface area contributed by atoms with E-state index in [0.717, 1.165) is 0 Å². The van der Waals surface area contributed by atoms with Gasteiger partial charge >= 0.3 is 0 Å². The Labute approximate surface area is 121 Å². The van der Waals surface area contributed by atoms with Crippen LogP contribution in [-0.4, -0.2) is 54.8 Å². The minimum Gasteiger partial charge on any atom is -0.393 e. The molecule has 0 aromatic rings. The van der Waals surface area contributed by atoms with E-state index in [-0.39, 0.29) is 11.5 Å². The number of thiocarbonyl (C=S) groups is 1. The lowest BCUT2D eigenvalue weighted by atomic mass is 10.2. The number of carbonyl (C=O) groups is 1. The van der Waals surface area contributed by atoms with E-state index in [1.54, 1.807) is 11.9 Å². The maximum Gasteiger partial charge on any atom is 0.224 e. The fraction of sp³-hybridized carbons (Fsp3) is 0.846. The number of rotatable bonds is 9. The summed E-state index contributed by atoms with van der Waals surface area (Å²) in [6, 6.07) is 0. The molecule has 19 heavy (non-hydrogen) atoms. The third-order valence-electron chi connectivity index (χ3n) is 2.34. The SMILES string of the molecule is CN(CCC(N)=S)C(=O)CCOCCOC(C)(C)C. The van der Waals surface area contributed by atoms with E-state index in [9.17, 15) is 4.79 Å². The van der Waals surface area contributed by atoms with Gasteiger partial charge in [0.25, 0.3) is 0 Å². The van der Waals surface area contributed by atoms with Gasteiger partial charge in [0, 0.05) is 20.0 Å². The molecule has 0 fully saturated rings. The summed E-state index contributed by atoms with van der Waals surface area (Å²) in [5.41, 5.74) is 5.23. The zero-order chi connectivity index (χ0) is 14.9. The van der Waals surface area contributed by atoms with Gasteiger partial charge in [0.2, 0.25) is 5.91 Å². The minimum atomic E-state index is -0.153. The lowest BCUT2D eigenvalue weighted by molar-refractivity contribution is -0.131. The van der Waals surface area contributed by atoms with Crippen LogP contribution in [0.3, 0.4) is 0 Å².